The molecule has 4 nitrogen and oxygen atoms in total. The van der Waals surface area contributed by atoms with Crippen molar-refractivity contribution in [3.05, 3.63) is 58.4 Å². The van der Waals surface area contributed by atoms with Crippen molar-refractivity contribution in [3.63, 3.8) is 0 Å². The molecule has 1 aromatic heterocycles. The summed E-state index contributed by atoms with van der Waals surface area (Å²) >= 11 is 5.80. The van der Waals surface area contributed by atoms with Crippen LogP contribution in [0.25, 0.3) is 0 Å². The zero-order valence-corrected chi connectivity index (χ0v) is 11.6. The number of methoxy groups -OCH3 is 1. The van der Waals surface area contributed by atoms with Crippen LogP contribution in [-0.2, 0) is 0 Å². The Balaban J connectivity index is 2.39. The summed E-state index contributed by atoms with van der Waals surface area (Å²) < 4.78 is 5.20. The van der Waals surface area contributed by atoms with Crippen LogP contribution in [0.1, 0.15) is 22.7 Å². The number of pyridine rings is 1. The van der Waals surface area contributed by atoms with Gasteiger partial charge in [-0.05, 0) is 41.8 Å². The van der Waals surface area contributed by atoms with Crippen molar-refractivity contribution in [3.8, 4) is 5.75 Å². The summed E-state index contributed by atoms with van der Waals surface area (Å²) in [7, 11) is 1.65. The molecule has 0 bridgehead atoms. The Hall–Kier alpha value is -1.62. The molecule has 0 saturated carbocycles. The predicted molar refractivity (Wildman–Crippen MR) is 76.1 cm³/mol. The van der Waals surface area contributed by atoms with Gasteiger partial charge < -0.3 is 4.74 Å². The fourth-order valence-corrected chi connectivity index (χ4v) is 2.13. The summed E-state index contributed by atoms with van der Waals surface area (Å²) in [4.78, 5) is 4.08. The van der Waals surface area contributed by atoms with E-state index in [4.69, 9.17) is 22.2 Å². The smallest absolute Gasteiger partial charge is 0.129 e. The summed E-state index contributed by atoms with van der Waals surface area (Å²) in [5.74, 6) is 6.50. The van der Waals surface area contributed by atoms with Crippen LogP contribution in [0.5, 0.6) is 5.75 Å². The average molecular weight is 278 g/mol. The zero-order valence-electron chi connectivity index (χ0n) is 10.9. The first-order valence-electron chi connectivity index (χ1n) is 5.88. The number of aromatic nitrogens is 1. The van der Waals surface area contributed by atoms with Gasteiger partial charge in [0, 0.05) is 6.20 Å². The summed E-state index contributed by atoms with van der Waals surface area (Å²) in [5, 5.41) is 0.464. The first-order valence-corrected chi connectivity index (χ1v) is 6.25. The number of ether oxygens (including phenoxy) is 1. The number of hydrazine groups is 1. The fourth-order valence-electron chi connectivity index (χ4n) is 2.02. The highest BCUT2D eigenvalue weighted by Gasteiger charge is 2.15. The van der Waals surface area contributed by atoms with E-state index in [0.717, 1.165) is 22.4 Å². The Morgan fingerprint density at radius 3 is 2.63 bits per heavy atom. The van der Waals surface area contributed by atoms with Gasteiger partial charge in [-0.3, -0.25) is 5.84 Å². The van der Waals surface area contributed by atoms with E-state index in [1.165, 1.54) is 0 Å². The molecule has 0 aliphatic heterocycles. The normalized spacial score (nSPS) is 12.2. The molecule has 3 N–H and O–H groups in total. The highest BCUT2D eigenvalue weighted by atomic mass is 35.5. The molecule has 0 aliphatic carbocycles. The lowest BCUT2D eigenvalue weighted by molar-refractivity contribution is 0.414. The number of nitrogens with zero attached hydrogens (tertiary/aromatic N) is 1. The fraction of sp³-hybridized carbons (Fsp3) is 0.214. The maximum atomic E-state index is 5.80. The number of benzene rings is 1. The van der Waals surface area contributed by atoms with Crippen molar-refractivity contribution in [2.45, 2.75) is 13.0 Å². The molecule has 2 rings (SSSR count). The van der Waals surface area contributed by atoms with Gasteiger partial charge in [-0.15, -0.1) is 0 Å². The summed E-state index contributed by atoms with van der Waals surface area (Å²) in [5.41, 5.74) is 5.94. The van der Waals surface area contributed by atoms with E-state index < -0.39 is 0 Å². The van der Waals surface area contributed by atoms with E-state index in [1.807, 2.05) is 31.2 Å². The number of nitrogens with two attached hydrogens (primary N) is 1. The third-order valence-electron chi connectivity index (χ3n) is 3.04. The molecule has 0 fully saturated rings. The van der Waals surface area contributed by atoms with Gasteiger partial charge in [0.2, 0.25) is 0 Å². The predicted octanol–water partition coefficient (Wildman–Crippen LogP) is 2.60. The van der Waals surface area contributed by atoms with Crippen LogP contribution in [0.15, 0.2) is 36.5 Å². The first-order chi connectivity index (χ1) is 9.15. The molecule has 0 aliphatic rings. The Morgan fingerprint density at radius 1 is 1.32 bits per heavy atom. The van der Waals surface area contributed by atoms with Crippen LogP contribution in [0, 0.1) is 6.92 Å². The van der Waals surface area contributed by atoms with E-state index in [-0.39, 0.29) is 6.04 Å². The van der Waals surface area contributed by atoms with E-state index >= 15 is 0 Å². The molecule has 100 valence electrons. The number of hydrogen-bond donors (Lipinski definition) is 2. The Kier molecular flexibility index (Phi) is 4.37. The molecular formula is C14H16ClN3O. The van der Waals surface area contributed by atoms with Crippen LogP contribution < -0.4 is 16.0 Å². The van der Waals surface area contributed by atoms with Gasteiger partial charge >= 0.3 is 0 Å². The number of halogens is 1. The maximum Gasteiger partial charge on any atom is 0.129 e. The van der Waals surface area contributed by atoms with E-state index in [0.29, 0.717) is 5.15 Å². The molecular weight excluding hydrogens is 262 g/mol. The molecule has 2 aromatic rings. The Morgan fingerprint density at radius 2 is 2.11 bits per heavy atom. The molecule has 0 saturated heterocycles. The second kappa shape index (κ2) is 6.02. The molecule has 0 amide bonds. The van der Waals surface area contributed by atoms with Crippen molar-refractivity contribution < 1.29 is 4.74 Å². The van der Waals surface area contributed by atoms with Gasteiger partial charge in [0.25, 0.3) is 0 Å². The number of hydrogen-bond acceptors (Lipinski definition) is 4. The van der Waals surface area contributed by atoms with E-state index in [2.05, 4.69) is 10.4 Å². The zero-order chi connectivity index (χ0) is 13.8. The Bertz CT molecular complexity index is 557. The van der Waals surface area contributed by atoms with E-state index in [1.54, 1.807) is 19.4 Å². The highest BCUT2D eigenvalue weighted by molar-refractivity contribution is 6.29. The molecule has 1 heterocycles. The average Bonchev–Trinajstić information content (AvgIpc) is 2.43. The lowest BCUT2D eigenvalue weighted by Gasteiger charge is -2.19. The minimum Gasteiger partial charge on any atom is -0.497 e. The van der Waals surface area contributed by atoms with Crippen LogP contribution in [0.4, 0.5) is 0 Å². The summed E-state index contributed by atoms with van der Waals surface area (Å²) in [6.45, 7) is 2.02. The summed E-state index contributed by atoms with van der Waals surface area (Å²) in [6.07, 6.45) is 1.72. The van der Waals surface area contributed by atoms with Crippen LogP contribution >= 0.6 is 11.6 Å². The van der Waals surface area contributed by atoms with Crippen molar-refractivity contribution >= 4 is 11.6 Å². The lowest BCUT2D eigenvalue weighted by atomic mass is 9.96. The Labute approximate surface area is 117 Å². The number of aryl methyl sites for hydroxylation is 1. The SMILES string of the molecule is COc1ccc(C(NN)c2ccc(Cl)nc2)c(C)c1. The first kappa shape index (κ1) is 13.8. The van der Waals surface area contributed by atoms with Crippen molar-refractivity contribution in [2.75, 3.05) is 7.11 Å². The molecule has 1 aromatic carbocycles. The second-order valence-corrected chi connectivity index (χ2v) is 4.62. The van der Waals surface area contributed by atoms with Crippen LogP contribution in [-0.4, -0.2) is 12.1 Å². The monoisotopic (exact) mass is 277 g/mol. The highest BCUT2D eigenvalue weighted by Crippen LogP contribution is 2.27. The van der Waals surface area contributed by atoms with Gasteiger partial charge in [-0.2, -0.15) is 0 Å². The van der Waals surface area contributed by atoms with Gasteiger partial charge in [0.15, 0.2) is 0 Å². The maximum absolute atomic E-state index is 5.80. The van der Waals surface area contributed by atoms with Gasteiger partial charge in [0.1, 0.15) is 10.9 Å². The van der Waals surface area contributed by atoms with Gasteiger partial charge in [0.05, 0.1) is 13.2 Å². The minimum absolute atomic E-state index is 0.129. The topological polar surface area (TPSA) is 60.2 Å². The van der Waals surface area contributed by atoms with Crippen LogP contribution in [0.3, 0.4) is 0 Å². The van der Waals surface area contributed by atoms with Crippen molar-refractivity contribution in [1.29, 1.82) is 0 Å². The minimum atomic E-state index is -0.129. The molecule has 5 heteroatoms. The molecule has 1 unspecified atom stereocenters. The standard InChI is InChI=1S/C14H16ClN3O/c1-9-7-11(19-2)4-5-12(9)14(18-16)10-3-6-13(15)17-8-10/h3-8,14,18H,16H2,1-2H3. The van der Waals surface area contributed by atoms with Crippen molar-refractivity contribution in [2.24, 2.45) is 5.84 Å². The molecule has 19 heavy (non-hydrogen) atoms. The second-order valence-electron chi connectivity index (χ2n) is 4.24. The molecule has 0 spiro atoms. The number of nitrogens with one attached hydrogen (secondary N) is 1. The summed E-state index contributed by atoms with van der Waals surface area (Å²) in [6, 6.07) is 9.41. The van der Waals surface area contributed by atoms with Crippen LogP contribution in [0.2, 0.25) is 5.15 Å². The van der Waals surface area contributed by atoms with Gasteiger partial charge in [-0.1, -0.05) is 23.7 Å². The third kappa shape index (κ3) is 3.04. The largest absolute Gasteiger partial charge is 0.497 e. The third-order valence-corrected chi connectivity index (χ3v) is 3.26. The lowest BCUT2D eigenvalue weighted by Crippen LogP contribution is -2.29. The van der Waals surface area contributed by atoms with Crippen molar-refractivity contribution in [1.82, 2.24) is 10.4 Å². The molecule has 1 atom stereocenters. The quantitative estimate of drug-likeness (QED) is 0.512. The van der Waals surface area contributed by atoms with Gasteiger partial charge in [-0.25, -0.2) is 10.4 Å². The number of rotatable bonds is 4. The molecule has 0 radical (unpaired) electrons. The van der Waals surface area contributed by atoms with E-state index in [9.17, 15) is 0 Å².